The molecule has 0 heterocycles. The molecule has 0 saturated carbocycles. The van der Waals surface area contributed by atoms with Crippen LogP contribution in [0, 0.1) is 11.6 Å². The maximum atomic E-state index is 13.1. The van der Waals surface area contributed by atoms with Crippen LogP contribution in [0.3, 0.4) is 0 Å². The van der Waals surface area contributed by atoms with Gasteiger partial charge in [0.15, 0.2) is 9.84 Å². The molecule has 1 rings (SSSR count). The molecular formula is C9H11F2NO2S. The van der Waals surface area contributed by atoms with Gasteiger partial charge in [-0.2, -0.15) is 0 Å². The van der Waals surface area contributed by atoms with E-state index in [9.17, 15) is 17.2 Å². The first-order valence-corrected chi connectivity index (χ1v) is 6.00. The molecule has 0 aliphatic carbocycles. The van der Waals surface area contributed by atoms with Crippen molar-refractivity contribution in [3.8, 4) is 0 Å². The summed E-state index contributed by atoms with van der Waals surface area (Å²) in [7, 11) is -3.77. The van der Waals surface area contributed by atoms with Crippen LogP contribution in [0.15, 0.2) is 23.1 Å². The van der Waals surface area contributed by atoms with Crippen molar-refractivity contribution < 1.29 is 17.2 Å². The SMILES string of the molecule is NCCCS(=O)(=O)c1cc(F)ccc1F. The third-order valence-electron chi connectivity index (χ3n) is 1.85. The third kappa shape index (κ3) is 2.97. The Labute approximate surface area is 86.8 Å². The van der Waals surface area contributed by atoms with E-state index in [1.165, 1.54) is 0 Å². The molecule has 0 saturated heterocycles. The normalized spacial score (nSPS) is 11.7. The molecule has 0 aliphatic rings. The Kier molecular flexibility index (Phi) is 3.76. The largest absolute Gasteiger partial charge is 0.330 e. The maximum absolute atomic E-state index is 13.1. The standard InChI is InChI=1S/C9H11F2NO2S/c10-7-2-3-8(11)9(6-7)15(13,14)5-1-4-12/h2-3,6H,1,4-5,12H2. The Bertz CT molecular complexity index is 445. The lowest BCUT2D eigenvalue weighted by Crippen LogP contribution is -2.13. The molecule has 2 N–H and O–H groups in total. The van der Waals surface area contributed by atoms with E-state index in [0.29, 0.717) is 6.07 Å². The van der Waals surface area contributed by atoms with Gasteiger partial charge in [0.05, 0.1) is 5.75 Å². The van der Waals surface area contributed by atoms with Gasteiger partial charge >= 0.3 is 0 Å². The number of benzene rings is 1. The van der Waals surface area contributed by atoms with Crippen LogP contribution in [-0.2, 0) is 9.84 Å². The second-order valence-corrected chi connectivity index (χ2v) is 5.11. The summed E-state index contributed by atoms with van der Waals surface area (Å²) in [5, 5.41) is 0. The Morgan fingerprint density at radius 3 is 2.53 bits per heavy atom. The Balaban J connectivity index is 3.09. The molecule has 3 nitrogen and oxygen atoms in total. The summed E-state index contributed by atoms with van der Waals surface area (Å²) in [5.74, 6) is -1.99. The van der Waals surface area contributed by atoms with Gasteiger partial charge in [0.25, 0.3) is 0 Å². The molecule has 0 aromatic heterocycles. The number of nitrogens with two attached hydrogens (primary N) is 1. The summed E-state index contributed by atoms with van der Waals surface area (Å²) < 4.78 is 48.9. The fourth-order valence-electron chi connectivity index (χ4n) is 1.10. The Morgan fingerprint density at radius 1 is 1.27 bits per heavy atom. The lowest BCUT2D eigenvalue weighted by Gasteiger charge is -2.04. The lowest BCUT2D eigenvalue weighted by atomic mass is 10.3. The van der Waals surface area contributed by atoms with Crippen LogP contribution in [0.25, 0.3) is 0 Å². The van der Waals surface area contributed by atoms with Crippen molar-refractivity contribution in [2.75, 3.05) is 12.3 Å². The van der Waals surface area contributed by atoms with E-state index in [4.69, 9.17) is 5.73 Å². The minimum Gasteiger partial charge on any atom is -0.330 e. The molecule has 0 amide bonds. The van der Waals surface area contributed by atoms with E-state index in [1.54, 1.807) is 0 Å². The fraction of sp³-hybridized carbons (Fsp3) is 0.333. The minimum atomic E-state index is -3.77. The molecule has 0 fully saturated rings. The van der Waals surface area contributed by atoms with Gasteiger partial charge in [-0.05, 0) is 31.2 Å². The van der Waals surface area contributed by atoms with Gasteiger partial charge in [-0.1, -0.05) is 0 Å². The van der Waals surface area contributed by atoms with Crippen LogP contribution >= 0.6 is 0 Å². The zero-order valence-electron chi connectivity index (χ0n) is 7.91. The van der Waals surface area contributed by atoms with Gasteiger partial charge in [-0.3, -0.25) is 0 Å². The predicted octanol–water partition coefficient (Wildman–Crippen LogP) is 1.09. The van der Waals surface area contributed by atoms with Gasteiger partial charge in [-0.25, -0.2) is 17.2 Å². The molecule has 0 unspecified atom stereocenters. The van der Waals surface area contributed by atoms with Crippen LogP contribution in [0.2, 0.25) is 0 Å². The molecule has 0 aliphatic heterocycles. The minimum absolute atomic E-state index is 0.191. The fourth-order valence-corrected chi connectivity index (χ4v) is 2.52. The van der Waals surface area contributed by atoms with Crippen molar-refractivity contribution in [3.63, 3.8) is 0 Å². The van der Waals surface area contributed by atoms with Crippen molar-refractivity contribution in [2.45, 2.75) is 11.3 Å². The summed E-state index contributed by atoms with van der Waals surface area (Å²) >= 11 is 0. The number of halogens is 2. The van der Waals surface area contributed by atoms with Crippen molar-refractivity contribution >= 4 is 9.84 Å². The summed E-state index contributed by atoms with van der Waals surface area (Å²) in [6.07, 6.45) is 0.221. The zero-order chi connectivity index (χ0) is 11.5. The molecule has 6 heteroatoms. The third-order valence-corrected chi connectivity index (χ3v) is 3.65. The summed E-state index contributed by atoms with van der Waals surface area (Å²) in [6.45, 7) is 0.191. The summed E-state index contributed by atoms with van der Waals surface area (Å²) in [6, 6.07) is 2.35. The van der Waals surface area contributed by atoms with Gasteiger partial charge in [0.2, 0.25) is 0 Å². The average molecular weight is 235 g/mol. The molecule has 84 valence electrons. The van der Waals surface area contributed by atoms with Gasteiger partial charge in [-0.15, -0.1) is 0 Å². The van der Waals surface area contributed by atoms with Crippen LogP contribution in [0.4, 0.5) is 8.78 Å². The smallest absolute Gasteiger partial charge is 0.181 e. The highest BCUT2D eigenvalue weighted by atomic mass is 32.2. The number of hydrogen-bond donors (Lipinski definition) is 1. The summed E-state index contributed by atoms with van der Waals surface area (Å²) in [5.41, 5.74) is 5.15. The van der Waals surface area contributed by atoms with E-state index in [2.05, 4.69) is 0 Å². The quantitative estimate of drug-likeness (QED) is 0.849. The first-order valence-electron chi connectivity index (χ1n) is 4.35. The molecule has 0 bridgehead atoms. The molecule has 1 aromatic carbocycles. The van der Waals surface area contributed by atoms with Crippen molar-refractivity contribution in [1.29, 1.82) is 0 Å². The molecule has 15 heavy (non-hydrogen) atoms. The monoisotopic (exact) mass is 235 g/mol. The average Bonchev–Trinajstić information content (AvgIpc) is 2.18. The first kappa shape index (κ1) is 12.1. The number of sulfone groups is 1. The number of hydrogen-bond acceptors (Lipinski definition) is 3. The van der Waals surface area contributed by atoms with Crippen LogP contribution in [0.5, 0.6) is 0 Å². The van der Waals surface area contributed by atoms with E-state index in [1.807, 2.05) is 0 Å². The molecule has 0 atom stereocenters. The second-order valence-electron chi connectivity index (χ2n) is 3.04. The number of rotatable bonds is 4. The second kappa shape index (κ2) is 4.67. The highest BCUT2D eigenvalue weighted by molar-refractivity contribution is 7.91. The van der Waals surface area contributed by atoms with Crippen LogP contribution in [-0.4, -0.2) is 20.7 Å². The van der Waals surface area contributed by atoms with E-state index in [-0.39, 0.29) is 18.7 Å². The van der Waals surface area contributed by atoms with Crippen molar-refractivity contribution in [3.05, 3.63) is 29.8 Å². The Hall–Kier alpha value is -1.01. The maximum Gasteiger partial charge on any atom is 0.181 e. The van der Waals surface area contributed by atoms with E-state index >= 15 is 0 Å². The van der Waals surface area contributed by atoms with Gasteiger partial charge < -0.3 is 5.73 Å². The zero-order valence-corrected chi connectivity index (χ0v) is 8.73. The molecular weight excluding hydrogens is 224 g/mol. The van der Waals surface area contributed by atoms with Gasteiger partial charge in [0.1, 0.15) is 16.5 Å². The van der Waals surface area contributed by atoms with Gasteiger partial charge in [0, 0.05) is 0 Å². The predicted molar refractivity (Wildman–Crippen MR) is 52.1 cm³/mol. The van der Waals surface area contributed by atoms with E-state index in [0.717, 1.165) is 12.1 Å². The van der Waals surface area contributed by atoms with Crippen LogP contribution in [0.1, 0.15) is 6.42 Å². The van der Waals surface area contributed by atoms with Crippen LogP contribution < -0.4 is 5.73 Å². The Morgan fingerprint density at radius 2 is 1.93 bits per heavy atom. The summed E-state index contributed by atoms with van der Waals surface area (Å²) in [4.78, 5) is -0.601. The van der Waals surface area contributed by atoms with Crippen molar-refractivity contribution in [2.24, 2.45) is 5.73 Å². The molecule has 0 spiro atoms. The van der Waals surface area contributed by atoms with E-state index < -0.39 is 26.4 Å². The molecule has 0 radical (unpaired) electrons. The van der Waals surface area contributed by atoms with Crippen molar-refractivity contribution in [1.82, 2.24) is 0 Å². The highest BCUT2D eigenvalue weighted by Gasteiger charge is 2.19. The highest BCUT2D eigenvalue weighted by Crippen LogP contribution is 2.17. The molecule has 1 aromatic rings. The lowest BCUT2D eigenvalue weighted by molar-refractivity contribution is 0.552. The topological polar surface area (TPSA) is 60.2 Å². The first-order chi connectivity index (χ1) is 6.97.